The lowest BCUT2D eigenvalue weighted by Crippen LogP contribution is -2.46. The van der Waals surface area contributed by atoms with Crippen LogP contribution < -0.4 is 5.73 Å². The van der Waals surface area contributed by atoms with Gasteiger partial charge in [0.05, 0.1) is 0 Å². The van der Waals surface area contributed by atoms with Crippen LogP contribution in [-0.2, 0) is 9.47 Å². The van der Waals surface area contributed by atoms with Crippen molar-refractivity contribution in [2.45, 2.75) is 32.1 Å². The van der Waals surface area contributed by atoms with Crippen molar-refractivity contribution < 1.29 is 9.47 Å². The zero-order chi connectivity index (χ0) is 16.6. The Labute approximate surface area is 145 Å². The van der Waals surface area contributed by atoms with E-state index in [0.29, 0.717) is 0 Å². The van der Waals surface area contributed by atoms with Gasteiger partial charge in [0.25, 0.3) is 0 Å². The molecule has 0 radical (unpaired) electrons. The molecule has 24 heavy (non-hydrogen) atoms. The fourth-order valence-electron chi connectivity index (χ4n) is 3.26. The van der Waals surface area contributed by atoms with Gasteiger partial charge in [-0.1, -0.05) is 23.8 Å². The summed E-state index contributed by atoms with van der Waals surface area (Å²) < 4.78 is 11.6. The minimum atomic E-state index is 0.791. The van der Waals surface area contributed by atoms with Crippen LogP contribution in [0.2, 0.25) is 0 Å². The summed E-state index contributed by atoms with van der Waals surface area (Å²) in [7, 11) is 0. The molecule has 0 spiro atoms. The number of piperazine rings is 1. The van der Waals surface area contributed by atoms with E-state index in [4.69, 9.17) is 15.2 Å². The van der Waals surface area contributed by atoms with Gasteiger partial charge in [-0.15, -0.1) is 0 Å². The number of unbranched alkanes of at least 4 members (excludes halogenated alkanes) is 1. The van der Waals surface area contributed by atoms with Crippen molar-refractivity contribution in [2.24, 2.45) is 5.73 Å². The Morgan fingerprint density at radius 1 is 1.08 bits per heavy atom. The fraction of sp³-hybridized carbons (Fsp3) is 0.579. The van der Waals surface area contributed by atoms with Crippen LogP contribution in [0.25, 0.3) is 0 Å². The highest BCUT2D eigenvalue weighted by atomic mass is 16.6. The van der Waals surface area contributed by atoms with E-state index in [9.17, 15) is 0 Å². The van der Waals surface area contributed by atoms with Gasteiger partial charge in [-0.25, -0.2) is 0 Å². The highest BCUT2D eigenvalue weighted by Gasteiger charge is 2.22. The Hall–Kier alpha value is -1.72. The molecule has 1 saturated heterocycles. The topological polar surface area (TPSA) is 51.0 Å². The van der Waals surface area contributed by atoms with Crippen molar-refractivity contribution in [2.75, 3.05) is 39.3 Å². The van der Waals surface area contributed by atoms with E-state index in [-0.39, 0.29) is 0 Å². The average Bonchev–Trinajstić information content (AvgIpc) is 2.64. The molecule has 0 unspecified atom stereocenters. The highest BCUT2D eigenvalue weighted by Crippen LogP contribution is 2.26. The third kappa shape index (κ3) is 4.89. The third-order valence-electron chi connectivity index (χ3n) is 4.72. The number of hydrogen-bond donors (Lipinski definition) is 1. The van der Waals surface area contributed by atoms with Gasteiger partial charge in [0.1, 0.15) is 12.0 Å². The largest absolute Gasteiger partial charge is 0.464 e. The van der Waals surface area contributed by atoms with Crippen LogP contribution in [-0.4, -0.2) is 49.1 Å². The van der Waals surface area contributed by atoms with Gasteiger partial charge in [0.15, 0.2) is 6.26 Å². The zero-order valence-electron chi connectivity index (χ0n) is 14.5. The standard InChI is InChI=1S/C19H29N3O2/c20-8-4-5-9-21-10-12-22(13-11-21)19-16-23-15-18(24-19)14-17-6-2-1-3-7-17/h1-2,6,15-16H,3-5,7-14,20H2. The molecule has 5 heteroatoms. The van der Waals surface area contributed by atoms with Gasteiger partial charge < -0.3 is 20.1 Å². The summed E-state index contributed by atoms with van der Waals surface area (Å²) in [6, 6.07) is 0. The van der Waals surface area contributed by atoms with Gasteiger partial charge in [-0.3, -0.25) is 4.90 Å². The highest BCUT2D eigenvalue weighted by molar-refractivity contribution is 5.22. The first-order valence-corrected chi connectivity index (χ1v) is 9.09. The van der Waals surface area contributed by atoms with E-state index in [2.05, 4.69) is 28.0 Å². The third-order valence-corrected chi connectivity index (χ3v) is 4.72. The quantitative estimate of drug-likeness (QED) is 0.727. The van der Waals surface area contributed by atoms with Crippen molar-refractivity contribution in [3.05, 3.63) is 48.0 Å². The Balaban J connectivity index is 1.44. The smallest absolute Gasteiger partial charge is 0.231 e. The minimum Gasteiger partial charge on any atom is -0.464 e. The van der Waals surface area contributed by atoms with Gasteiger partial charge in [0, 0.05) is 32.6 Å². The molecule has 0 aromatic heterocycles. The number of ether oxygens (including phenoxy) is 2. The Kier molecular flexibility index (Phi) is 6.38. The van der Waals surface area contributed by atoms with E-state index in [1.165, 1.54) is 12.0 Å². The molecule has 1 aliphatic carbocycles. The normalized spacial score (nSPS) is 21.5. The van der Waals surface area contributed by atoms with Crippen molar-refractivity contribution in [3.8, 4) is 0 Å². The molecule has 1 fully saturated rings. The summed E-state index contributed by atoms with van der Waals surface area (Å²) in [5.41, 5.74) is 6.97. The van der Waals surface area contributed by atoms with Crippen LogP contribution in [0.15, 0.2) is 48.0 Å². The molecule has 0 aromatic carbocycles. The van der Waals surface area contributed by atoms with Gasteiger partial charge in [-0.05, 0) is 38.8 Å². The summed E-state index contributed by atoms with van der Waals surface area (Å²) in [5.74, 6) is 1.75. The van der Waals surface area contributed by atoms with E-state index in [1.54, 1.807) is 12.5 Å². The van der Waals surface area contributed by atoms with E-state index < -0.39 is 0 Å². The van der Waals surface area contributed by atoms with Gasteiger partial charge in [-0.2, -0.15) is 0 Å². The lowest BCUT2D eigenvalue weighted by atomic mass is 10.0. The van der Waals surface area contributed by atoms with Crippen LogP contribution in [0.3, 0.4) is 0 Å². The zero-order valence-corrected chi connectivity index (χ0v) is 14.5. The van der Waals surface area contributed by atoms with Gasteiger partial charge >= 0.3 is 0 Å². The number of rotatable bonds is 7. The van der Waals surface area contributed by atoms with E-state index in [0.717, 1.165) is 76.6 Å². The molecule has 3 rings (SSSR count). The summed E-state index contributed by atoms with van der Waals surface area (Å²) >= 11 is 0. The number of allylic oxidation sites excluding steroid dienone is 4. The van der Waals surface area contributed by atoms with Crippen LogP contribution in [0.4, 0.5) is 0 Å². The molecule has 2 aliphatic heterocycles. The van der Waals surface area contributed by atoms with Crippen LogP contribution in [0, 0.1) is 0 Å². The number of hydrogen-bond acceptors (Lipinski definition) is 5. The molecular formula is C19H29N3O2. The van der Waals surface area contributed by atoms with E-state index in [1.807, 2.05) is 0 Å². The summed E-state index contributed by atoms with van der Waals surface area (Å²) in [5, 5.41) is 0. The Morgan fingerprint density at radius 2 is 1.96 bits per heavy atom. The number of nitrogens with two attached hydrogens (primary N) is 1. The second-order valence-corrected chi connectivity index (χ2v) is 6.57. The molecule has 0 aromatic rings. The maximum Gasteiger partial charge on any atom is 0.231 e. The number of nitrogens with zero attached hydrogens (tertiary/aromatic N) is 2. The Bertz CT molecular complexity index is 529. The maximum absolute atomic E-state index is 6.09. The van der Waals surface area contributed by atoms with Crippen molar-refractivity contribution in [3.63, 3.8) is 0 Å². The van der Waals surface area contributed by atoms with E-state index >= 15 is 0 Å². The monoisotopic (exact) mass is 331 g/mol. The summed E-state index contributed by atoms with van der Waals surface area (Å²) in [4.78, 5) is 4.79. The van der Waals surface area contributed by atoms with Crippen LogP contribution in [0.5, 0.6) is 0 Å². The maximum atomic E-state index is 6.09. The molecule has 0 saturated carbocycles. The molecule has 3 aliphatic rings. The molecule has 0 atom stereocenters. The first-order chi connectivity index (χ1) is 11.8. The lowest BCUT2D eigenvalue weighted by molar-refractivity contribution is 0.0747. The second kappa shape index (κ2) is 8.94. The molecular weight excluding hydrogens is 302 g/mol. The predicted octanol–water partition coefficient (Wildman–Crippen LogP) is 2.70. The molecule has 0 bridgehead atoms. The average molecular weight is 331 g/mol. The summed E-state index contributed by atoms with van der Waals surface area (Å²) in [6.07, 6.45) is 15.3. The first kappa shape index (κ1) is 17.1. The molecule has 5 nitrogen and oxygen atoms in total. The van der Waals surface area contributed by atoms with Crippen molar-refractivity contribution >= 4 is 0 Å². The molecule has 0 amide bonds. The fourth-order valence-corrected chi connectivity index (χ4v) is 3.26. The second-order valence-electron chi connectivity index (χ2n) is 6.57. The van der Waals surface area contributed by atoms with Gasteiger partial charge in [0.2, 0.25) is 5.88 Å². The predicted molar refractivity (Wildman–Crippen MR) is 95.7 cm³/mol. The van der Waals surface area contributed by atoms with Crippen LogP contribution >= 0.6 is 0 Å². The SMILES string of the molecule is NCCCCN1CCN(C2=COC=C(CC3=CC=CCC3)O2)CC1. The lowest BCUT2D eigenvalue weighted by Gasteiger charge is -2.37. The molecule has 2 heterocycles. The van der Waals surface area contributed by atoms with Crippen molar-refractivity contribution in [1.82, 2.24) is 9.80 Å². The Morgan fingerprint density at radius 3 is 2.71 bits per heavy atom. The molecule has 132 valence electrons. The van der Waals surface area contributed by atoms with Crippen molar-refractivity contribution in [1.29, 1.82) is 0 Å². The molecule has 2 N–H and O–H groups in total. The minimum absolute atomic E-state index is 0.791. The summed E-state index contributed by atoms with van der Waals surface area (Å²) in [6.45, 7) is 6.04. The van der Waals surface area contributed by atoms with Crippen LogP contribution in [0.1, 0.15) is 32.1 Å². The first-order valence-electron chi connectivity index (χ1n) is 9.09.